The first-order valence-corrected chi connectivity index (χ1v) is 6.36. The van der Waals surface area contributed by atoms with Gasteiger partial charge >= 0.3 is 0 Å². The Balaban J connectivity index is 2.63. The molecule has 19 heavy (non-hydrogen) atoms. The molecule has 0 aliphatic carbocycles. The zero-order valence-corrected chi connectivity index (χ0v) is 12.0. The number of nitro groups is 1. The van der Waals surface area contributed by atoms with Crippen molar-refractivity contribution in [2.75, 3.05) is 38.4 Å². The fourth-order valence-electron chi connectivity index (χ4n) is 1.88. The minimum absolute atomic E-state index is 0.261. The van der Waals surface area contributed by atoms with Crippen molar-refractivity contribution >= 4 is 11.4 Å². The van der Waals surface area contributed by atoms with Crippen LogP contribution in [0, 0.1) is 10.1 Å². The van der Waals surface area contributed by atoms with Gasteiger partial charge in [0.25, 0.3) is 6.67 Å². The third-order valence-corrected chi connectivity index (χ3v) is 2.95. The normalized spacial score (nSPS) is 12.8. The summed E-state index contributed by atoms with van der Waals surface area (Å²) in [6, 6.07) is 7.55. The van der Waals surface area contributed by atoms with E-state index in [0.717, 1.165) is 22.3 Å². The Kier molecular flexibility index (Phi) is 5.11. The van der Waals surface area contributed by atoms with Crippen LogP contribution in [0.3, 0.4) is 0 Å². The highest BCUT2D eigenvalue weighted by Crippen LogP contribution is 2.17. The van der Waals surface area contributed by atoms with E-state index in [4.69, 9.17) is 0 Å². The molecule has 1 aromatic carbocycles. The summed E-state index contributed by atoms with van der Waals surface area (Å²) >= 11 is 0. The minimum atomic E-state index is -0.393. The molecule has 0 spiro atoms. The Bertz CT molecular complexity index is 412. The molecule has 1 unspecified atom stereocenters. The summed E-state index contributed by atoms with van der Waals surface area (Å²) in [7, 11) is 6.44. The second-order valence-corrected chi connectivity index (χ2v) is 5.43. The van der Waals surface area contributed by atoms with Gasteiger partial charge in [0.1, 0.15) is 0 Å². The molecule has 0 aliphatic heterocycles. The first kappa shape index (κ1) is 15.2. The fraction of sp³-hybridized carbons (Fsp3) is 0.538. The molecule has 1 atom stereocenters. The maximum absolute atomic E-state index is 10.3. The Morgan fingerprint density at radius 1 is 1.21 bits per heavy atom. The maximum atomic E-state index is 10.3. The van der Waals surface area contributed by atoms with Crippen LogP contribution >= 0.6 is 0 Å². The standard InChI is InChI=1S/C13H23N4O2/c1-5-13(17(2,3)4)15-12-8-6-11(7-9-12)14-10-16(18)19/h6-9,13-15H,5,10H2,1-4H3/q+1. The number of benzene rings is 1. The average Bonchev–Trinajstić information content (AvgIpc) is 2.33. The number of hydrogen-bond acceptors (Lipinski definition) is 4. The monoisotopic (exact) mass is 267 g/mol. The van der Waals surface area contributed by atoms with Crippen molar-refractivity contribution in [3.8, 4) is 0 Å². The molecular weight excluding hydrogens is 244 g/mol. The molecule has 6 nitrogen and oxygen atoms in total. The molecule has 106 valence electrons. The van der Waals surface area contributed by atoms with E-state index in [1.807, 2.05) is 24.3 Å². The number of quaternary nitrogens is 1. The lowest BCUT2D eigenvalue weighted by Gasteiger charge is -2.34. The van der Waals surface area contributed by atoms with Gasteiger partial charge in [-0.15, -0.1) is 0 Å². The van der Waals surface area contributed by atoms with Gasteiger partial charge in [0.05, 0.1) is 21.1 Å². The van der Waals surface area contributed by atoms with E-state index in [1.54, 1.807) is 0 Å². The zero-order valence-electron chi connectivity index (χ0n) is 12.0. The highest BCUT2D eigenvalue weighted by molar-refractivity contribution is 5.53. The second kappa shape index (κ2) is 6.38. The quantitative estimate of drug-likeness (QED) is 0.344. The Hall–Kier alpha value is -1.82. The van der Waals surface area contributed by atoms with Crippen molar-refractivity contribution in [1.29, 1.82) is 0 Å². The molecule has 0 heterocycles. The smallest absolute Gasteiger partial charge is 0.275 e. The number of hydrogen-bond donors (Lipinski definition) is 2. The lowest BCUT2D eigenvalue weighted by molar-refractivity contribution is -0.892. The highest BCUT2D eigenvalue weighted by atomic mass is 16.6. The van der Waals surface area contributed by atoms with Gasteiger partial charge in [-0.05, 0) is 24.3 Å². The SMILES string of the molecule is CCC(Nc1ccc(NC[N+](=O)[O-])cc1)[N+](C)(C)C. The van der Waals surface area contributed by atoms with Crippen LogP contribution < -0.4 is 10.6 Å². The summed E-state index contributed by atoms with van der Waals surface area (Å²) in [6.45, 7) is 1.89. The third-order valence-electron chi connectivity index (χ3n) is 2.95. The van der Waals surface area contributed by atoms with Crippen molar-refractivity contribution in [2.45, 2.75) is 19.5 Å². The van der Waals surface area contributed by atoms with E-state index in [2.05, 4.69) is 38.7 Å². The summed E-state index contributed by atoms with van der Waals surface area (Å²) in [6.07, 6.45) is 1.35. The van der Waals surface area contributed by atoms with Gasteiger partial charge in [0, 0.05) is 22.7 Å². The molecule has 6 heteroatoms. The van der Waals surface area contributed by atoms with Crippen molar-refractivity contribution in [1.82, 2.24) is 0 Å². The Morgan fingerprint density at radius 2 is 1.74 bits per heavy atom. The van der Waals surface area contributed by atoms with Crippen LogP contribution in [0.25, 0.3) is 0 Å². The number of rotatable bonds is 7. The van der Waals surface area contributed by atoms with Gasteiger partial charge in [-0.1, -0.05) is 6.92 Å². The maximum Gasteiger partial charge on any atom is 0.275 e. The van der Waals surface area contributed by atoms with Crippen LogP contribution in [0.5, 0.6) is 0 Å². The van der Waals surface area contributed by atoms with Gasteiger partial charge in [0.2, 0.25) is 0 Å². The van der Waals surface area contributed by atoms with Crippen LogP contribution in [0.4, 0.5) is 11.4 Å². The van der Waals surface area contributed by atoms with Gasteiger partial charge in [-0.25, -0.2) is 0 Å². The minimum Gasteiger partial charge on any atom is -0.336 e. The average molecular weight is 267 g/mol. The molecule has 0 bridgehead atoms. The molecule has 1 rings (SSSR count). The number of nitrogens with zero attached hydrogens (tertiary/aromatic N) is 2. The Morgan fingerprint density at radius 3 is 2.16 bits per heavy atom. The molecule has 0 aromatic heterocycles. The second-order valence-electron chi connectivity index (χ2n) is 5.43. The predicted molar refractivity (Wildman–Crippen MR) is 77.7 cm³/mol. The van der Waals surface area contributed by atoms with Crippen molar-refractivity contribution in [3.63, 3.8) is 0 Å². The van der Waals surface area contributed by atoms with Gasteiger partial charge in [0.15, 0.2) is 6.17 Å². The van der Waals surface area contributed by atoms with E-state index >= 15 is 0 Å². The van der Waals surface area contributed by atoms with Crippen LogP contribution in [0.1, 0.15) is 13.3 Å². The van der Waals surface area contributed by atoms with Crippen molar-refractivity contribution < 1.29 is 9.41 Å². The molecule has 0 amide bonds. The summed E-state index contributed by atoms with van der Waals surface area (Å²) in [5.41, 5.74) is 1.77. The summed E-state index contributed by atoms with van der Waals surface area (Å²) in [5.74, 6) is 0. The predicted octanol–water partition coefficient (Wildman–Crippen LogP) is 2.19. The van der Waals surface area contributed by atoms with E-state index < -0.39 is 4.92 Å². The first-order valence-electron chi connectivity index (χ1n) is 6.36. The summed E-state index contributed by atoms with van der Waals surface area (Å²) < 4.78 is 0.831. The van der Waals surface area contributed by atoms with Crippen LogP contribution in [-0.2, 0) is 0 Å². The zero-order chi connectivity index (χ0) is 14.5. The summed E-state index contributed by atoms with van der Waals surface area (Å²) in [4.78, 5) is 9.87. The molecule has 0 saturated carbocycles. The highest BCUT2D eigenvalue weighted by Gasteiger charge is 2.20. The number of nitrogens with one attached hydrogen (secondary N) is 2. The van der Waals surface area contributed by atoms with E-state index in [-0.39, 0.29) is 6.67 Å². The molecule has 0 fully saturated rings. The van der Waals surface area contributed by atoms with Crippen LogP contribution in [0.15, 0.2) is 24.3 Å². The first-order chi connectivity index (χ1) is 8.82. The molecule has 0 saturated heterocycles. The van der Waals surface area contributed by atoms with E-state index in [9.17, 15) is 10.1 Å². The fourth-order valence-corrected chi connectivity index (χ4v) is 1.88. The van der Waals surface area contributed by atoms with E-state index in [1.165, 1.54) is 0 Å². The lowest BCUT2D eigenvalue weighted by Crippen LogP contribution is -2.49. The van der Waals surface area contributed by atoms with Crippen molar-refractivity contribution in [2.24, 2.45) is 0 Å². The number of anilines is 2. The Labute approximate surface area is 114 Å². The van der Waals surface area contributed by atoms with Crippen molar-refractivity contribution in [3.05, 3.63) is 34.4 Å². The molecule has 0 aliphatic rings. The molecule has 0 radical (unpaired) electrons. The van der Waals surface area contributed by atoms with Gasteiger partial charge in [-0.3, -0.25) is 10.1 Å². The summed E-state index contributed by atoms with van der Waals surface area (Å²) in [5, 5.41) is 16.5. The topological polar surface area (TPSA) is 67.2 Å². The molecular formula is C13H23N4O2+. The largest absolute Gasteiger partial charge is 0.336 e. The lowest BCUT2D eigenvalue weighted by atomic mass is 10.2. The van der Waals surface area contributed by atoms with Gasteiger partial charge in [-0.2, -0.15) is 0 Å². The molecule has 1 aromatic rings. The third kappa shape index (κ3) is 5.13. The molecule has 2 N–H and O–H groups in total. The van der Waals surface area contributed by atoms with E-state index in [0.29, 0.717) is 6.17 Å². The van der Waals surface area contributed by atoms with Crippen LogP contribution in [0.2, 0.25) is 0 Å². The van der Waals surface area contributed by atoms with Crippen LogP contribution in [-0.4, -0.2) is 43.4 Å². The van der Waals surface area contributed by atoms with Gasteiger partial charge < -0.3 is 15.1 Å².